The molecule has 30 heavy (non-hydrogen) atoms. The van der Waals surface area contributed by atoms with Crippen LogP contribution >= 0.6 is 24.0 Å². The van der Waals surface area contributed by atoms with Crippen molar-refractivity contribution >= 4 is 35.6 Å². The van der Waals surface area contributed by atoms with Crippen molar-refractivity contribution in [1.29, 1.82) is 0 Å². The fourth-order valence-corrected chi connectivity index (χ4v) is 2.61. The number of methoxy groups -OCH3 is 1. The van der Waals surface area contributed by atoms with Gasteiger partial charge in [0.15, 0.2) is 17.5 Å². The minimum atomic E-state index is 0. The van der Waals surface area contributed by atoms with Crippen LogP contribution in [-0.2, 0) is 6.54 Å². The lowest BCUT2D eigenvalue weighted by Crippen LogP contribution is -2.30. The molecule has 0 saturated heterocycles. The van der Waals surface area contributed by atoms with E-state index in [1.54, 1.807) is 14.2 Å². The molecule has 2 aromatic carbocycles. The van der Waals surface area contributed by atoms with E-state index in [9.17, 15) is 0 Å². The van der Waals surface area contributed by atoms with Crippen LogP contribution in [0, 0.1) is 0 Å². The van der Waals surface area contributed by atoms with Gasteiger partial charge in [-0.15, -0.1) is 24.0 Å². The fraction of sp³-hybridized carbons (Fsp3) is 0.409. The topological polar surface area (TPSA) is 67.3 Å². The van der Waals surface area contributed by atoms with Crippen molar-refractivity contribution in [1.82, 2.24) is 10.2 Å². The normalized spacial score (nSPS) is 10.9. The second kappa shape index (κ2) is 13.9. The van der Waals surface area contributed by atoms with Gasteiger partial charge >= 0.3 is 0 Å². The number of nitrogens with one attached hydrogen (secondary N) is 2. The van der Waals surface area contributed by atoms with E-state index in [-0.39, 0.29) is 24.0 Å². The van der Waals surface area contributed by atoms with Gasteiger partial charge in [-0.2, -0.15) is 0 Å². The number of guanidine groups is 1. The summed E-state index contributed by atoms with van der Waals surface area (Å²) in [6.07, 6.45) is 0. The van der Waals surface area contributed by atoms with Crippen LogP contribution in [0.1, 0.15) is 12.5 Å². The Hall–Kier alpha value is -2.20. The third kappa shape index (κ3) is 8.66. The minimum Gasteiger partial charge on any atom is -0.493 e. The Morgan fingerprint density at radius 3 is 2.53 bits per heavy atom. The molecule has 0 saturated carbocycles. The Balaban J connectivity index is 0.00000450. The highest BCUT2D eigenvalue weighted by Gasteiger charge is 2.07. The van der Waals surface area contributed by atoms with E-state index in [0.29, 0.717) is 31.5 Å². The molecule has 0 unspecified atom stereocenters. The zero-order chi connectivity index (χ0) is 21.1. The number of hydrogen-bond acceptors (Lipinski definition) is 5. The maximum Gasteiger partial charge on any atom is 0.195 e. The van der Waals surface area contributed by atoms with Crippen LogP contribution in [0.2, 0.25) is 0 Å². The van der Waals surface area contributed by atoms with Gasteiger partial charge in [0.2, 0.25) is 0 Å². The van der Waals surface area contributed by atoms with Gasteiger partial charge in [0.25, 0.3) is 0 Å². The van der Waals surface area contributed by atoms with Crippen LogP contribution in [0.3, 0.4) is 0 Å². The lowest BCUT2D eigenvalue weighted by Gasteiger charge is -2.15. The van der Waals surface area contributed by atoms with Gasteiger partial charge < -0.3 is 29.7 Å². The van der Waals surface area contributed by atoms with Gasteiger partial charge in [-0.25, -0.2) is 0 Å². The Bertz CT molecular complexity index is 800. The Kier molecular flexibility index (Phi) is 12.0. The molecular formula is C22H33IN4O3. The van der Waals surface area contributed by atoms with E-state index in [1.165, 1.54) is 0 Å². The summed E-state index contributed by atoms with van der Waals surface area (Å²) in [5.41, 5.74) is 1.97. The highest BCUT2D eigenvalue weighted by atomic mass is 127. The first kappa shape index (κ1) is 25.8. The lowest BCUT2D eigenvalue weighted by atomic mass is 10.2. The van der Waals surface area contributed by atoms with E-state index in [0.717, 1.165) is 29.3 Å². The average molecular weight is 528 g/mol. The van der Waals surface area contributed by atoms with Crippen LogP contribution in [0.4, 0.5) is 5.69 Å². The summed E-state index contributed by atoms with van der Waals surface area (Å²) >= 11 is 0. The summed E-state index contributed by atoms with van der Waals surface area (Å²) in [4.78, 5) is 6.38. The second-order valence-electron chi connectivity index (χ2n) is 6.65. The van der Waals surface area contributed by atoms with Gasteiger partial charge in [-0.1, -0.05) is 12.1 Å². The molecule has 0 spiro atoms. The highest BCUT2D eigenvalue weighted by molar-refractivity contribution is 14.0. The first-order valence-electron chi connectivity index (χ1n) is 9.70. The van der Waals surface area contributed by atoms with Crippen LogP contribution in [0.15, 0.2) is 47.5 Å². The van der Waals surface area contributed by atoms with Gasteiger partial charge in [-0.3, -0.25) is 4.99 Å². The van der Waals surface area contributed by atoms with E-state index in [4.69, 9.17) is 14.2 Å². The summed E-state index contributed by atoms with van der Waals surface area (Å²) in [7, 11) is 7.43. The zero-order valence-electron chi connectivity index (χ0n) is 18.4. The predicted molar refractivity (Wildman–Crippen MR) is 134 cm³/mol. The molecule has 8 heteroatoms. The summed E-state index contributed by atoms with van der Waals surface area (Å²) in [6.45, 7) is 4.69. The van der Waals surface area contributed by atoms with Crippen LogP contribution in [0.25, 0.3) is 0 Å². The first-order valence-corrected chi connectivity index (χ1v) is 9.70. The predicted octanol–water partition coefficient (Wildman–Crippen LogP) is 3.84. The SMILES string of the molecule is CCOc1ccc(NC(=NC)NCc2cccc(OCCN(C)C)c2)cc1OC.I. The molecule has 0 radical (unpaired) electrons. The fourth-order valence-electron chi connectivity index (χ4n) is 2.61. The van der Waals surface area contributed by atoms with Gasteiger partial charge in [-0.05, 0) is 50.8 Å². The molecule has 0 amide bonds. The largest absolute Gasteiger partial charge is 0.493 e. The van der Waals surface area contributed by atoms with E-state index in [1.807, 2.05) is 57.4 Å². The molecule has 2 N–H and O–H groups in total. The summed E-state index contributed by atoms with van der Waals surface area (Å²) < 4.78 is 16.8. The quantitative estimate of drug-likeness (QED) is 0.278. The monoisotopic (exact) mass is 528 g/mol. The van der Waals surface area contributed by atoms with E-state index in [2.05, 4.69) is 26.6 Å². The van der Waals surface area contributed by atoms with Gasteiger partial charge in [0.1, 0.15) is 12.4 Å². The number of benzene rings is 2. The summed E-state index contributed by atoms with van der Waals surface area (Å²) in [5, 5.41) is 6.59. The van der Waals surface area contributed by atoms with Crippen molar-refractivity contribution in [3.05, 3.63) is 48.0 Å². The van der Waals surface area contributed by atoms with Gasteiger partial charge in [0.05, 0.1) is 13.7 Å². The van der Waals surface area contributed by atoms with Crippen LogP contribution in [0.5, 0.6) is 17.2 Å². The number of hydrogen-bond donors (Lipinski definition) is 2. The molecule has 0 atom stereocenters. The number of ether oxygens (including phenoxy) is 3. The highest BCUT2D eigenvalue weighted by Crippen LogP contribution is 2.30. The van der Waals surface area contributed by atoms with E-state index < -0.39 is 0 Å². The molecule has 0 aliphatic heterocycles. The van der Waals surface area contributed by atoms with Crippen molar-refractivity contribution < 1.29 is 14.2 Å². The third-order valence-corrected chi connectivity index (χ3v) is 4.12. The molecule has 166 valence electrons. The smallest absolute Gasteiger partial charge is 0.195 e. The molecule has 2 aromatic rings. The van der Waals surface area contributed by atoms with Crippen LogP contribution in [-0.4, -0.2) is 58.9 Å². The number of halogens is 1. The molecule has 2 rings (SSSR count). The molecule has 0 heterocycles. The molecule has 0 aromatic heterocycles. The van der Waals surface area contributed by atoms with Crippen molar-refractivity contribution in [2.75, 3.05) is 53.3 Å². The Morgan fingerprint density at radius 1 is 1.07 bits per heavy atom. The Labute approximate surface area is 196 Å². The van der Waals surface area contributed by atoms with Gasteiger partial charge in [0, 0.05) is 31.9 Å². The standard InChI is InChI=1S/C22H32N4O3.HI/c1-6-28-20-11-10-18(15-21(20)27-5)25-22(23-2)24-16-17-8-7-9-19(14-17)29-13-12-26(3)4;/h7-11,14-15H,6,12-13,16H2,1-5H3,(H2,23,24,25);1H. The number of likely N-dealkylation sites (N-methyl/N-ethyl adjacent to an activating group) is 1. The third-order valence-electron chi connectivity index (χ3n) is 4.12. The average Bonchev–Trinajstić information content (AvgIpc) is 2.72. The maximum absolute atomic E-state index is 5.80. The number of aliphatic imine (C=N–C) groups is 1. The first-order chi connectivity index (χ1) is 14.0. The zero-order valence-corrected chi connectivity index (χ0v) is 20.7. The van der Waals surface area contributed by atoms with Crippen molar-refractivity contribution in [3.8, 4) is 17.2 Å². The number of anilines is 1. The number of rotatable bonds is 10. The molecule has 0 aliphatic carbocycles. The van der Waals surface area contributed by atoms with Crippen molar-refractivity contribution in [2.24, 2.45) is 4.99 Å². The van der Waals surface area contributed by atoms with E-state index >= 15 is 0 Å². The molecular weight excluding hydrogens is 495 g/mol. The number of nitrogens with zero attached hydrogens (tertiary/aromatic N) is 2. The molecule has 7 nitrogen and oxygen atoms in total. The second-order valence-corrected chi connectivity index (χ2v) is 6.65. The molecule has 0 bridgehead atoms. The lowest BCUT2D eigenvalue weighted by molar-refractivity contribution is 0.261. The summed E-state index contributed by atoms with van der Waals surface area (Å²) in [6, 6.07) is 13.8. The molecule has 0 aliphatic rings. The maximum atomic E-state index is 5.80. The minimum absolute atomic E-state index is 0. The molecule has 0 fully saturated rings. The Morgan fingerprint density at radius 2 is 1.87 bits per heavy atom. The summed E-state index contributed by atoms with van der Waals surface area (Å²) in [5.74, 6) is 2.92. The van der Waals surface area contributed by atoms with Crippen molar-refractivity contribution in [3.63, 3.8) is 0 Å². The van der Waals surface area contributed by atoms with Crippen LogP contribution < -0.4 is 24.8 Å². The van der Waals surface area contributed by atoms with Crippen molar-refractivity contribution in [2.45, 2.75) is 13.5 Å².